The van der Waals surface area contributed by atoms with Gasteiger partial charge in [0.15, 0.2) is 11.5 Å². The van der Waals surface area contributed by atoms with Crippen molar-refractivity contribution >= 4 is 50.3 Å². The summed E-state index contributed by atoms with van der Waals surface area (Å²) >= 11 is 0. The number of hydrogen-bond donors (Lipinski definition) is 2. The third-order valence-corrected chi connectivity index (χ3v) is 6.63. The zero-order valence-electron chi connectivity index (χ0n) is 23.6. The molecule has 0 saturated carbocycles. The lowest BCUT2D eigenvalue weighted by Crippen LogP contribution is -2.31. The van der Waals surface area contributed by atoms with Crippen molar-refractivity contribution in [2.45, 2.75) is 39.7 Å². The molecule has 0 aliphatic carbocycles. The largest absolute Gasteiger partial charge is 0.493 e. The number of rotatable bonds is 9. The molecule has 0 saturated heterocycles. The molecule has 10 nitrogen and oxygen atoms in total. The van der Waals surface area contributed by atoms with Crippen molar-refractivity contribution in [2.24, 2.45) is 0 Å². The van der Waals surface area contributed by atoms with Crippen molar-refractivity contribution in [3.63, 3.8) is 0 Å². The molecule has 12 heteroatoms. The van der Waals surface area contributed by atoms with E-state index in [0.717, 1.165) is 11.8 Å². The van der Waals surface area contributed by atoms with Gasteiger partial charge in [0.2, 0.25) is 0 Å². The van der Waals surface area contributed by atoms with Crippen molar-refractivity contribution in [3.8, 4) is 11.5 Å². The molecule has 0 fully saturated rings. The van der Waals surface area contributed by atoms with E-state index < -0.39 is 15.5 Å². The minimum absolute atomic E-state index is 0. The van der Waals surface area contributed by atoms with E-state index >= 15 is 0 Å². The molecule has 0 atom stereocenters. The maximum Gasteiger partial charge on any atom is 0.306 e. The number of nitrogens with zero attached hydrogens (tertiary/aromatic N) is 2. The first-order chi connectivity index (χ1) is 17.6. The summed E-state index contributed by atoms with van der Waals surface area (Å²) in [5.41, 5.74) is 2.59. The summed E-state index contributed by atoms with van der Waals surface area (Å²) < 4.78 is 35.1. The van der Waals surface area contributed by atoms with E-state index in [2.05, 4.69) is 5.32 Å². The first-order valence-corrected chi connectivity index (χ1v) is 14.0. The number of amidine groups is 1. The Hall–Kier alpha value is -3.12. The Morgan fingerprint density at radius 1 is 1.15 bits per heavy atom. The van der Waals surface area contributed by atoms with Gasteiger partial charge in [-0.3, -0.25) is 15.0 Å². The molecule has 2 N–H and O–H groups in total. The minimum Gasteiger partial charge on any atom is -0.493 e. The van der Waals surface area contributed by atoms with Crippen LogP contribution in [0.4, 0.5) is 5.69 Å². The molecule has 2 aromatic rings. The first-order valence-electron chi connectivity index (χ1n) is 12.2. The third-order valence-electron chi connectivity index (χ3n) is 6.16. The van der Waals surface area contributed by atoms with Crippen molar-refractivity contribution in [2.75, 3.05) is 45.5 Å². The number of ether oxygens (including phenoxy) is 1. The van der Waals surface area contributed by atoms with Crippen LogP contribution in [0.3, 0.4) is 0 Å². The van der Waals surface area contributed by atoms with E-state index in [4.69, 9.17) is 14.3 Å². The molecule has 0 radical (unpaired) electrons. The van der Waals surface area contributed by atoms with Crippen LogP contribution in [0.2, 0.25) is 0 Å². The van der Waals surface area contributed by atoms with Crippen LogP contribution in [-0.2, 0) is 22.1 Å². The lowest BCUT2D eigenvalue weighted by Gasteiger charge is -2.27. The van der Waals surface area contributed by atoms with Gasteiger partial charge in [0.1, 0.15) is 11.6 Å². The molecule has 2 aromatic carbocycles. The molecule has 1 amide bonds. The summed E-state index contributed by atoms with van der Waals surface area (Å²) in [6.45, 7) is 8.19. The van der Waals surface area contributed by atoms with Gasteiger partial charge in [0, 0.05) is 44.4 Å². The molecule has 0 unspecified atom stereocenters. The SMILES string of the molecule is Br.CCOc1cc2c(cc1C(=O)NC)C(=N)N(CC(=O)c1cc(N(C)C)c(OS(C)(=O)=O)c(C(C)(C)C)c1)C2. The van der Waals surface area contributed by atoms with Crippen LogP contribution in [0.25, 0.3) is 0 Å². The maximum absolute atomic E-state index is 13.5. The molecule has 1 aliphatic heterocycles. The summed E-state index contributed by atoms with van der Waals surface area (Å²) in [6, 6.07) is 6.66. The van der Waals surface area contributed by atoms with Crippen molar-refractivity contribution < 1.29 is 26.9 Å². The lowest BCUT2D eigenvalue weighted by molar-refractivity contribution is 0.0953. The van der Waals surface area contributed by atoms with Gasteiger partial charge < -0.3 is 24.0 Å². The van der Waals surface area contributed by atoms with E-state index in [0.29, 0.717) is 46.8 Å². The number of halogens is 1. The molecular weight excluding hydrogens is 588 g/mol. The third kappa shape index (κ3) is 7.10. The minimum atomic E-state index is -3.81. The Morgan fingerprint density at radius 3 is 2.31 bits per heavy atom. The fourth-order valence-electron chi connectivity index (χ4n) is 4.32. The maximum atomic E-state index is 13.5. The smallest absolute Gasteiger partial charge is 0.306 e. The zero-order valence-corrected chi connectivity index (χ0v) is 26.1. The highest BCUT2D eigenvalue weighted by atomic mass is 79.9. The fourth-order valence-corrected chi connectivity index (χ4v) is 4.80. The van der Waals surface area contributed by atoms with Gasteiger partial charge in [-0.05, 0) is 42.2 Å². The molecular formula is C27H37BrN4O6S. The van der Waals surface area contributed by atoms with Crippen LogP contribution in [-0.4, -0.2) is 71.4 Å². The number of nitrogens with one attached hydrogen (secondary N) is 2. The summed E-state index contributed by atoms with van der Waals surface area (Å²) in [7, 11) is 1.21. The fraction of sp³-hybridized carbons (Fsp3) is 0.444. The molecule has 1 aliphatic rings. The van der Waals surface area contributed by atoms with Gasteiger partial charge >= 0.3 is 10.1 Å². The Morgan fingerprint density at radius 2 is 1.79 bits per heavy atom. The molecule has 0 aromatic heterocycles. The van der Waals surface area contributed by atoms with Crippen LogP contribution < -0.4 is 19.1 Å². The lowest BCUT2D eigenvalue weighted by atomic mass is 9.84. The Kier molecular flexibility index (Phi) is 9.83. The summed E-state index contributed by atoms with van der Waals surface area (Å²) in [6.07, 6.45) is 0.987. The second-order valence-electron chi connectivity index (χ2n) is 10.4. The normalized spacial score (nSPS) is 12.9. The Labute approximate surface area is 241 Å². The second-order valence-corrected chi connectivity index (χ2v) is 12.0. The van der Waals surface area contributed by atoms with Crippen molar-refractivity contribution in [1.29, 1.82) is 5.41 Å². The molecule has 214 valence electrons. The molecule has 0 spiro atoms. The highest BCUT2D eigenvalue weighted by Crippen LogP contribution is 2.41. The van der Waals surface area contributed by atoms with Gasteiger partial charge in [-0.15, -0.1) is 17.0 Å². The van der Waals surface area contributed by atoms with Gasteiger partial charge in [-0.2, -0.15) is 8.42 Å². The summed E-state index contributed by atoms with van der Waals surface area (Å²) in [5, 5.41) is 11.3. The average molecular weight is 626 g/mol. The number of fused-ring (bicyclic) bond motifs is 1. The number of ketones is 1. The van der Waals surface area contributed by atoms with Crippen LogP contribution in [0.15, 0.2) is 24.3 Å². The van der Waals surface area contributed by atoms with E-state index in [1.54, 1.807) is 48.2 Å². The molecule has 1 heterocycles. The van der Waals surface area contributed by atoms with Crippen LogP contribution in [0, 0.1) is 5.41 Å². The average Bonchev–Trinajstić information content (AvgIpc) is 3.10. The highest BCUT2D eigenvalue weighted by Gasteiger charge is 2.31. The number of amides is 1. The summed E-state index contributed by atoms with van der Waals surface area (Å²) in [5.74, 6) is 0.202. The number of carbonyl (C=O) groups is 2. The van der Waals surface area contributed by atoms with Crippen molar-refractivity contribution in [1.82, 2.24) is 10.2 Å². The standard InChI is InChI=1S/C27H36N4O6S.BrH/c1-9-36-23-12-17-14-31(25(28)18(17)13-19(23)26(33)29-5)15-22(32)16-10-20(27(2,3)4)24(37-38(8,34)35)21(11-16)30(6)7;/h10-13,28H,9,14-15H2,1-8H3,(H,29,33);1H. The second kappa shape index (κ2) is 12.0. The van der Waals surface area contributed by atoms with Crippen LogP contribution in [0.5, 0.6) is 11.5 Å². The number of hydrogen-bond acceptors (Lipinski definition) is 8. The predicted octanol–water partition coefficient (Wildman–Crippen LogP) is 3.75. The van der Waals surface area contributed by atoms with Crippen LogP contribution in [0.1, 0.15) is 65.1 Å². The monoisotopic (exact) mass is 624 g/mol. The van der Waals surface area contributed by atoms with Gasteiger partial charge in [0.25, 0.3) is 5.91 Å². The predicted molar refractivity (Wildman–Crippen MR) is 158 cm³/mol. The van der Waals surface area contributed by atoms with Gasteiger partial charge in [-0.25, -0.2) is 0 Å². The van der Waals surface area contributed by atoms with Gasteiger partial charge in [-0.1, -0.05) is 20.8 Å². The molecule has 3 rings (SSSR count). The van der Waals surface area contributed by atoms with Gasteiger partial charge in [0.05, 0.1) is 30.7 Å². The zero-order chi connectivity index (χ0) is 28.6. The number of anilines is 1. The number of Topliss-reactive ketones (excluding diaryl/α,β-unsaturated/α-hetero) is 1. The Balaban J connectivity index is 0.00000533. The topological polar surface area (TPSA) is 129 Å². The highest BCUT2D eigenvalue weighted by molar-refractivity contribution is 8.93. The molecule has 0 bridgehead atoms. The van der Waals surface area contributed by atoms with Crippen LogP contribution >= 0.6 is 17.0 Å². The van der Waals surface area contributed by atoms with E-state index in [-0.39, 0.29) is 46.8 Å². The number of benzene rings is 2. The van der Waals surface area contributed by atoms with E-state index in [9.17, 15) is 18.0 Å². The van der Waals surface area contributed by atoms with Crippen molar-refractivity contribution in [3.05, 3.63) is 52.1 Å². The van der Waals surface area contributed by atoms with E-state index in [1.165, 1.54) is 7.05 Å². The first kappa shape index (κ1) is 32.1. The van der Waals surface area contributed by atoms with E-state index in [1.807, 2.05) is 27.7 Å². The quantitative estimate of drug-likeness (QED) is 0.319. The molecule has 39 heavy (non-hydrogen) atoms. The number of carbonyl (C=O) groups excluding carboxylic acids is 2. The summed E-state index contributed by atoms with van der Waals surface area (Å²) in [4.78, 5) is 29.3. The Bertz CT molecular complexity index is 1400.